The van der Waals surface area contributed by atoms with Crippen molar-refractivity contribution in [1.82, 2.24) is 4.90 Å². The number of esters is 1. The molecule has 0 bridgehead atoms. The molecule has 38 heavy (non-hydrogen) atoms. The number of nitrogens with zero attached hydrogens (tertiary/aromatic N) is 2. The van der Waals surface area contributed by atoms with Gasteiger partial charge in [0.05, 0.1) is 23.0 Å². The monoisotopic (exact) mass is 540 g/mol. The summed E-state index contributed by atoms with van der Waals surface area (Å²) in [4.78, 5) is 49.1. The van der Waals surface area contributed by atoms with Crippen molar-refractivity contribution >= 4 is 40.6 Å². The molecule has 10 nitrogen and oxygen atoms in total. The van der Waals surface area contributed by atoms with Crippen LogP contribution < -0.4 is 9.47 Å². The Hall–Kier alpha value is -4.12. The van der Waals surface area contributed by atoms with E-state index in [0.717, 1.165) is 27.8 Å². The highest BCUT2D eigenvalue weighted by Gasteiger charge is 2.41. The number of benzene rings is 2. The van der Waals surface area contributed by atoms with Gasteiger partial charge in [-0.3, -0.25) is 24.6 Å². The van der Waals surface area contributed by atoms with Crippen molar-refractivity contribution < 1.29 is 33.5 Å². The van der Waals surface area contributed by atoms with Crippen LogP contribution >= 0.6 is 11.8 Å². The first kappa shape index (κ1) is 28.5. The van der Waals surface area contributed by atoms with E-state index in [0.29, 0.717) is 30.1 Å². The number of nitro groups is 1. The van der Waals surface area contributed by atoms with Crippen molar-refractivity contribution in [3.05, 3.63) is 80.8 Å². The lowest BCUT2D eigenvalue weighted by molar-refractivity contribution is -0.384. The molecule has 2 aromatic carbocycles. The Balaban J connectivity index is 1.91. The highest BCUT2D eigenvalue weighted by molar-refractivity contribution is 8.18. The van der Waals surface area contributed by atoms with Gasteiger partial charge in [0.25, 0.3) is 16.8 Å². The lowest BCUT2D eigenvalue weighted by Crippen LogP contribution is -2.42. The zero-order valence-electron chi connectivity index (χ0n) is 21.3. The van der Waals surface area contributed by atoms with Gasteiger partial charge in [0, 0.05) is 17.7 Å². The van der Waals surface area contributed by atoms with Gasteiger partial charge in [-0.15, -0.1) is 6.58 Å². The standard InChI is InChI=1S/C27H28N2O8S/c1-5-8-20-13-19(15-23-25(30)28(27(32)38-23)17(4)26(31)36-7-3)14-22(35-6-2)24(20)37-16-18-9-11-21(12-10-18)29(33)34/h5,9-15,17H,1,6-8,16H2,2-4H3/b23-15+/t17-/m1/s1. The fourth-order valence-corrected chi connectivity index (χ4v) is 4.61. The molecule has 0 saturated carbocycles. The van der Waals surface area contributed by atoms with E-state index in [9.17, 15) is 24.5 Å². The topological polar surface area (TPSA) is 125 Å². The van der Waals surface area contributed by atoms with Gasteiger partial charge in [-0.25, -0.2) is 4.79 Å². The molecule has 1 aliphatic heterocycles. The molecular formula is C27H28N2O8S. The van der Waals surface area contributed by atoms with Crippen molar-refractivity contribution in [1.29, 1.82) is 0 Å². The predicted octanol–water partition coefficient (Wildman–Crippen LogP) is 5.29. The van der Waals surface area contributed by atoms with E-state index < -0.39 is 28.1 Å². The molecule has 2 aromatic rings. The molecule has 11 heteroatoms. The summed E-state index contributed by atoms with van der Waals surface area (Å²) in [5, 5.41) is 10.4. The Kier molecular flexibility index (Phi) is 9.66. The van der Waals surface area contributed by atoms with E-state index in [-0.39, 0.29) is 23.8 Å². The summed E-state index contributed by atoms with van der Waals surface area (Å²) in [5.41, 5.74) is 2.05. The van der Waals surface area contributed by atoms with Crippen molar-refractivity contribution in [3.8, 4) is 11.5 Å². The van der Waals surface area contributed by atoms with E-state index in [1.807, 2.05) is 6.92 Å². The second kappa shape index (κ2) is 12.9. The van der Waals surface area contributed by atoms with Crippen molar-refractivity contribution in [2.24, 2.45) is 0 Å². The SMILES string of the molecule is C=CCc1cc(/C=C2/SC(=O)N([C@H](C)C(=O)OCC)C2=O)cc(OCC)c1OCc1ccc([N+](=O)[O-])cc1. The molecule has 0 N–H and O–H groups in total. The summed E-state index contributed by atoms with van der Waals surface area (Å²) in [5.74, 6) is -0.329. The van der Waals surface area contributed by atoms with Crippen LogP contribution in [0.5, 0.6) is 11.5 Å². The minimum absolute atomic E-state index is 0.0125. The fourth-order valence-electron chi connectivity index (χ4n) is 3.70. The van der Waals surface area contributed by atoms with Crippen LogP contribution in [0.3, 0.4) is 0 Å². The molecule has 0 unspecified atom stereocenters. The van der Waals surface area contributed by atoms with Crippen LogP contribution in [-0.2, 0) is 27.4 Å². The van der Waals surface area contributed by atoms with Gasteiger partial charge in [0.15, 0.2) is 11.5 Å². The second-order valence-corrected chi connectivity index (χ2v) is 9.12. The Morgan fingerprint density at radius 1 is 1.16 bits per heavy atom. The van der Waals surface area contributed by atoms with Gasteiger partial charge in [0.2, 0.25) is 0 Å². The normalized spacial score (nSPS) is 14.9. The number of carbonyl (C=O) groups is 3. The highest BCUT2D eigenvalue weighted by atomic mass is 32.2. The number of carbonyl (C=O) groups excluding carboxylic acids is 3. The molecule has 0 aromatic heterocycles. The first-order chi connectivity index (χ1) is 18.2. The van der Waals surface area contributed by atoms with Crippen molar-refractivity contribution in [2.45, 2.75) is 39.8 Å². The van der Waals surface area contributed by atoms with Gasteiger partial charge in [0.1, 0.15) is 12.6 Å². The number of rotatable bonds is 12. The van der Waals surface area contributed by atoms with E-state index in [1.165, 1.54) is 19.1 Å². The molecule has 1 saturated heterocycles. The third kappa shape index (κ3) is 6.60. The summed E-state index contributed by atoms with van der Waals surface area (Å²) in [6, 6.07) is 8.51. The lowest BCUT2D eigenvalue weighted by Gasteiger charge is -2.19. The quantitative estimate of drug-likeness (QED) is 0.116. The molecule has 3 rings (SSSR count). The van der Waals surface area contributed by atoms with E-state index in [1.54, 1.807) is 43.3 Å². The Labute approximate surface area is 224 Å². The average Bonchev–Trinajstić information content (AvgIpc) is 3.16. The molecule has 1 atom stereocenters. The molecule has 1 heterocycles. The van der Waals surface area contributed by atoms with E-state index in [2.05, 4.69) is 6.58 Å². The maximum atomic E-state index is 13.0. The van der Waals surface area contributed by atoms with Crippen LogP contribution in [0, 0.1) is 10.1 Å². The first-order valence-corrected chi connectivity index (χ1v) is 12.7. The summed E-state index contributed by atoms with van der Waals surface area (Å²) in [6.07, 6.45) is 3.69. The molecule has 2 amide bonds. The average molecular weight is 541 g/mol. The summed E-state index contributed by atoms with van der Waals surface area (Å²) in [6.45, 7) is 9.35. The number of amides is 2. The minimum Gasteiger partial charge on any atom is -0.490 e. The van der Waals surface area contributed by atoms with Crippen LogP contribution in [0.15, 0.2) is 54.0 Å². The van der Waals surface area contributed by atoms with Crippen LogP contribution in [0.4, 0.5) is 10.5 Å². The van der Waals surface area contributed by atoms with E-state index in [4.69, 9.17) is 14.2 Å². The van der Waals surface area contributed by atoms with Gasteiger partial charge < -0.3 is 14.2 Å². The summed E-state index contributed by atoms with van der Waals surface area (Å²) >= 11 is 0.744. The van der Waals surface area contributed by atoms with Gasteiger partial charge in [-0.2, -0.15) is 0 Å². The fraction of sp³-hybridized carbons (Fsp3) is 0.296. The number of ether oxygens (including phenoxy) is 3. The molecule has 0 spiro atoms. The van der Waals surface area contributed by atoms with Crippen LogP contribution in [0.2, 0.25) is 0 Å². The number of hydrogen-bond donors (Lipinski definition) is 0. The number of non-ortho nitro benzene ring substituents is 1. The second-order valence-electron chi connectivity index (χ2n) is 8.13. The number of nitro benzene ring substituents is 1. The molecular weight excluding hydrogens is 512 g/mol. The van der Waals surface area contributed by atoms with Crippen LogP contribution in [0.25, 0.3) is 6.08 Å². The third-order valence-electron chi connectivity index (χ3n) is 5.48. The minimum atomic E-state index is -1.04. The van der Waals surface area contributed by atoms with Gasteiger partial charge >= 0.3 is 5.97 Å². The summed E-state index contributed by atoms with van der Waals surface area (Å²) < 4.78 is 16.8. The van der Waals surface area contributed by atoms with Crippen LogP contribution in [-0.4, -0.2) is 46.2 Å². The zero-order chi connectivity index (χ0) is 27.8. The lowest BCUT2D eigenvalue weighted by atomic mass is 10.0. The van der Waals surface area contributed by atoms with E-state index >= 15 is 0 Å². The van der Waals surface area contributed by atoms with Crippen molar-refractivity contribution in [2.75, 3.05) is 13.2 Å². The molecule has 1 aliphatic rings. The zero-order valence-corrected chi connectivity index (χ0v) is 22.1. The predicted molar refractivity (Wildman–Crippen MR) is 143 cm³/mol. The number of allylic oxidation sites excluding steroid dienone is 1. The van der Waals surface area contributed by atoms with Crippen LogP contribution in [0.1, 0.15) is 37.5 Å². The smallest absolute Gasteiger partial charge is 0.329 e. The highest BCUT2D eigenvalue weighted by Crippen LogP contribution is 2.38. The largest absolute Gasteiger partial charge is 0.490 e. The maximum Gasteiger partial charge on any atom is 0.329 e. The first-order valence-electron chi connectivity index (χ1n) is 11.9. The van der Waals surface area contributed by atoms with Gasteiger partial charge in [-0.1, -0.05) is 6.08 Å². The third-order valence-corrected chi connectivity index (χ3v) is 6.37. The number of thioether (sulfide) groups is 1. The van der Waals surface area contributed by atoms with Crippen molar-refractivity contribution in [3.63, 3.8) is 0 Å². The molecule has 200 valence electrons. The van der Waals surface area contributed by atoms with Gasteiger partial charge in [-0.05, 0) is 80.4 Å². The number of imide groups is 1. The Morgan fingerprint density at radius 2 is 1.87 bits per heavy atom. The Morgan fingerprint density at radius 3 is 2.47 bits per heavy atom. The molecule has 0 aliphatic carbocycles. The molecule has 0 radical (unpaired) electrons. The Bertz CT molecular complexity index is 1270. The molecule has 1 fully saturated rings. The summed E-state index contributed by atoms with van der Waals surface area (Å²) in [7, 11) is 0. The maximum absolute atomic E-state index is 13.0. The number of hydrogen-bond acceptors (Lipinski definition) is 9.